The van der Waals surface area contributed by atoms with E-state index >= 15 is 0 Å². The SMILES string of the molecule is Cc1ccc(Cl)cc1-n1nc(-c2ccnc(N)n2)cc1C(=O)O.Cc1ccc(Cl)cc1-n1nc(-c2ccnc(N)n2)cc1C(N)=O. The molecular weight excluding hydrogens is 633 g/mol. The average molecular weight is 659 g/mol. The van der Waals surface area contributed by atoms with E-state index < -0.39 is 11.9 Å². The van der Waals surface area contributed by atoms with Gasteiger partial charge in [-0.2, -0.15) is 10.2 Å². The first-order valence-corrected chi connectivity index (χ1v) is 14.1. The summed E-state index contributed by atoms with van der Waals surface area (Å²) in [4.78, 5) is 39.1. The van der Waals surface area contributed by atoms with E-state index in [-0.39, 0.29) is 23.3 Å². The van der Waals surface area contributed by atoms with E-state index in [4.69, 9.17) is 40.4 Å². The maximum atomic E-state index is 11.8. The van der Waals surface area contributed by atoms with Crippen molar-refractivity contribution in [2.45, 2.75) is 13.8 Å². The van der Waals surface area contributed by atoms with Gasteiger partial charge in [0.15, 0.2) is 5.69 Å². The highest BCUT2D eigenvalue weighted by Gasteiger charge is 2.20. The Morgan fingerprint density at radius 1 is 0.674 bits per heavy atom. The number of aromatic nitrogens is 8. The summed E-state index contributed by atoms with van der Waals surface area (Å²) in [6.07, 6.45) is 3.01. The number of carboxylic acid groups (broad SMARTS) is 1. The van der Waals surface area contributed by atoms with Crippen molar-refractivity contribution in [1.29, 1.82) is 0 Å². The van der Waals surface area contributed by atoms with Gasteiger partial charge in [-0.1, -0.05) is 35.3 Å². The van der Waals surface area contributed by atoms with Gasteiger partial charge < -0.3 is 22.3 Å². The quantitative estimate of drug-likeness (QED) is 0.195. The van der Waals surface area contributed by atoms with Gasteiger partial charge in [-0.15, -0.1) is 0 Å². The number of aryl methyl sites for hydroxylation is 2. The molecule has 16 heteroatoms. The monoisotopic (exact) mass is 657 g/mol. The minimum Gasteiger partial charge on any atom is -0.477 e. The number of primary amides is 1. The number of carbonyl (C=O) groups is 2. The largest absolute Gasteiger partial charge is 0.477 e. The van der Waals surface area contributed by atoms with Crippen molar-refractivity contribution >= 4 is 47.0 Å². The molecule has 6 aromatic rings. The fourth-order valence-electron chi connectivity index (χ4n) is 4.36. The Kier molecular flexibility index (Phi) is 8.93. The van der Waals surface area contributed by atoms with E-state index in [9.17, 15) is 14.7 Å². The fraction of sp³-hybridized carbons (Fsp3) is 0.0667. The van der Waals surface area contributed by atoms with Gasteiger partial charge in [0.2, 0.25) is 11.9 Å². The van der Waals surface area contributed by atoms with Crippen LogP contribution in [0.25, 0.3) is 34.2 Å². The van der Waals surface area contributed by atoms with Crippen LogP contribution in [0.2, 0.25) is 10.0 Å². The molecule has 4 heterocycles. The number of nitrogens with zero attached hydrogens (tertiary/aromatic N) is 8. The molecule has 0 aliphatic carbocycles. The minimum atomic E-state index is -1.11. The Labute approximate surface area is 271 Å². The number of anilines is 2. The van der Waals surface area contributed by atoms with E-state index in [0.29, 0.717) is 44.2 Å². The van der Waals surface area contributed by atoms with Crippen molar-refractivity contribution in [1.82, 2.24) is 39.5 Å². The number of hydrogen-bond acceptors (Lipinski definition) is 10. The highest BCUT2D eigenvalue weighted by Crippen LogP contribution is 2.26. The fourth-order valence-corrected chi connectivity index (χ4v) is 4.69. The van der Waals surface area contributed by atoms with Gasteiger partial charge in [0.05, 0.1) is 22.8 Å². The Morgan fingerprint density at radius 3 is 1.52 bits per heavy atom. The molecule has 0 fully saturated rings. The molecule has 1 amide bonds. The molecule has 0 saturated carbocycles. The predicted molar refractivity (Wildman–Crippen MR) is 173 cm³/mol. The number of aromatic carboxylic acids is 1. The Balaban J connectivity index is 0.000000181. The average Bonchev–Trinajstić information content (AvgIpc) is 3.66. The summed E-state index contributed by atoms with van der Waals surface area (Å²) in [5, 5.41) is 19.2. The number of hydrogen-bond donors (Lipinski definition) is 4. The summed E-state index contributed by atoms with van der Waals surface area (Å²) in [6.45, 7) is 3.74. The second-order valence-electron chi connectivity index (χ2n) is 9.78. The lowest BCUT2D eigenvalue weighted by atomic mass is 10.2. The zero-order valence-corrected chi connectivity index (χ0v) is 25.8. The molecule has 7 N–H and O–H groups in total. The lowest BCUT2D eigenvalue weighted by molar-refractivity contribution is 0.0686. The van der Waals surface area contributed by atoms with Crippen molar-refractivity contribution in [3.8, 4) is 34.2 Å². The standard InChI is InChI=1S/C15H13ClN6O.C15H12ClN5O2/c1-8-2-3-9(16)6-12(8)22-13(14(17)23)7-11(21-22)10-4-5-19-15(18)20-10;1-8-2-3-9(16)6-12(8)21-13(14(22)23)7-11(20-21)10-4-5-18-15(17)19-10/h2-7H,1H3,(H2,17,23)(H2,18,19,20);2-7H,1H3,(H,22,23)(H2,17,18,19). The molecule has 0 radical (unpaired) electrons. The lowest BCUT2D eigenvalue weighted by Gasteiger charge is -2.08. The maximum absolute atomic E-state index is 11.8. The summed E-state index contributed by atoms with van der Waals surface area (Å²) < 4.78 is 2.79. The molecular formula is C30H25Cl2N11O3. The molecule has 0 unspecified atom stereocenters. The minimum absolute atomic E-state index is 0.00236. The number of nitrogens with two attached hydrogens (primary N) is 3. The highest BCUT2D eigenvalue weighted by molar-refractivity contribution is 6.31. The normalized spacial score (nSPS) is 10.7. The molecule has 0 spiro atoms. The number of carbonyl (C=O) groups excluding carboxylic acids is 1. The first-order valence-electron chi connectivity index (χ1n) is 13.4. The van der Waals surface area contributed by atoms with Crippen molar-refractivity contribution in [2.24, 2.45) is 5.73 Å². The summed E-state index contributed by atoms with van der Waals surface area (Å²) in [6, 6.07) is 16.8. The van der Waals surface area contributed by atoms with Gasteiger partial charge in [0.1, 0.15) is 17.1 Å². The first kappa shape index (κ1) is 31.6. The lowest BCUT2D eigenvalue weighted by Crippen LogP contribution is -2.17. The van der Waals surface area contributed by atoms with Gasteiger partial charge in [-0.3, -0.25) is 4.79 Å². The third-order valence-electron chi connectivity index (χ3n) is 6.56. The third kappa shape index (κ3) is 6.77. The number of benzene rings is 2. The van der Waals surface area contributed by atoms with Crippen molar-refractivity contribution in [3.05, 3.63) is 106 Å². The van der Waals surface area contributed by atoms with Gasteiger partial charge in [-0.05, 0) is 67.4 Å². The van der Waals surface area contributed by atoms with Gasteiger partial charge >= 0.3 is 5.97 Å². The van der Waals surface area contributed by atoms with E-state index in [2.05, 4.69) is 30.1 Å². The van der Waals surface area contributed by atoms with Crippen LogP contribution < -0.4 is 17.2 Å². The van der Waals surface area contributed by atoms with Crippen LogP contribution in [-0.2, 0) is 0 Å². The molecule has 232 valence electrons. The van der Waals surface area contributed by atoms with Gasteiger partial charge in [-0.25, -0.2) is 34.1 Å². The number of carboxylic acids is 1. The molecule has 0 aliphatic rings. The van der Waals surface area contributed by atoms with Gasteiger partial charge in [0.25, 0.3) is 5.91 Å². The Bertz CT molecular complexity index is 1960. The molecule has 0 saturated heterocycles. The topological polar surface area (TPSA) is 220 Å². The van der Waals surface area contributed by atoms with Crippen molar-refractivity contribution in [3.63, 3.8) is 0 Å². The Morgan fingerprint density at radius 2 is 1.11 bits per heavy atom. The number of nitrogen functional groups attached to an aromatic ring is 2. The van der Waals surface area contributed by atoms with E-state index in [0.717, 1.165) is 11.1 Å². The van der Waals surface area contributed by atoms with Crippen LogP contribution in [0.15, 0.2) is 73.1 Å². The number of halogens is 2. The molecule has 14 nitrogen and oxygen atoms in total. The molecule has 46 heavy (non-hydrogen) atoms. The van der Waals surface area contributed by atoms with Crippen molar-refractivity contribution < 1.29 is 14.7 Å². The number of amides is 1. The maximum Gasteiger partial charge on any atom is 0.354 e. The molecule has 0 aliphatic heterocycles. The van der Waals surface area contributed by atoms with Crippen LogP contribution in [0, 0.1) is 13.8 Å². The van der Waals surface area contributed by atoms with E-state index in [1.807, 2.05) is 19.9 Å². The molecule has 4 aromatic heterocycles. The van der Waals surface area contributed by atoms with Crippen LogP contribution in [0.3, 0.4) is 0 Å². The summed E-state index contributed by atoms with van der Waals surface area (Å²) >= 11 is 12.1. The van der Waals surface area contributed by atoms with Crippen molar-refractivity contribution in [2.75, 3.05) is 11.5 Å². The van der Waals surface area contributed by atoms with Crippen LogP contribution in [0.1, 0.15) is 32.1 Å². The van der Waals surface area contributed by atoms with E-state index in [1.165, 1.54) is 27.8 Å². The van der Waals surface area contributed by atoms with Crippen LogP contribution in [-0.4, -0.2) is 56.5 Å². The zero-order valence-electron chi connectivity index (χ0n) is 24.3. The molecule has 0 atom stereocenters. The zero-order chi connectivity index (χ0) is 33.1. The third-order valence-corrected chi connectivity index (χ3v) is 7.03. The second-order valence-corrected chi connectivity index (χ2v) is 10.7. The molecule has 0 bridgehead atoms. The van der Waals surface area contributed by atoms with Crippen LogP contribution >= 0.6 is 23.2 Å². The molecule has 2 aromatic carbocycles. The highest BCUT2D eigenvalue weighted by atomic mass is 35.5. The van der Waals surface area contributed by atoms with Crippen LogP contribution in [0.5, 0.6) is 0 Å². The first-order chi connectivity index (χ1) is 21.9. The molecule has 6 rings (SSSR count). The smallest absolute Gasteiger partial charge is 0.354 e. The predicted octanol–water partition coefficient (Wildman–Crippen LogP) is 4.54. The Hall–Kier alpha value is -5.86. The summed E-state index contributed by atoms with van der Waals surface area (Å²) in [5.74, 6) is -1.50. The van der Waals surface area contributed by atoms with E-state index in [1.54, 1.807) is 48.5 Å². The number of rotatable bonds is 6. The van der Waals surface area contributed by atoms with Crippen LogP contribution in [0.4, 0.5) is 11.9 Å². The summed E-state index contributed by atoms with van der Waals surface area (Å²) in [7, 11) is 0. The van der Waals surface area contributed by atoms with Gasteiger partial charge in [0, 0.05) is 28.5 Å². The summed E-state index contributed by atoms with van der Waals surface area (Å²) in [5.41, 5.74) is 21.6. The second kappa shape index (κ2) is 13.0.